The maximum Gasteiger partial charge on any atom is 0.239 e. The Bertz CT molecular complexity index is 928. The van der Waals surface area contributed by atoms with Gasteiger partial charge in [-0.2, -0.15) is 0 Å². The molecule has 0 aromatic heterocycles. The van der Waals surface area contributed by atoms with E-state index in [1.54, 1.807) is 18.0 Å². The summed E-state index contributed by atoms with van der Waals surface area (Å²) >= 11 is 0. The normalized spacial score (nSPS) is 15.9. The van der Waals surface area contributed by atoms with Crippen molar-refractivity contribution in [2.45, 2.75) is 32.9 Å². The molecule has 1 atom stereocenters. The molecule has 1 unspecified atom stereocenters. The molecule has 172 valence electrons. The van der Waals surface area contributed by atoms with Crippen molar-refractivity contribution in [1.82, 2.24) is 14.7 Å². The molecule has 0 spiro atoms. The highest BCUT2D eigenvalue weighted by Crippen LogP contribution is 2.16. The molecule has 1 aliphatic rings. The van der Waals surface area contributed by atoms with Crippen molar-refractivity contribution in [1.29, 1.82) is 0 Å². The fourth-order valence-corrected chi connectivity index (χ4v) is 4.11. The quantitative estimate of drug-likeness (QED) is 0.686. The first-order valence-corrected chi connectivity index (χ1v) is 11.2. The van der Waals surface area contributed by atoms with Gasteiger partial charge in [-0.25, -0.2) is 4.39 Å². The lowest BCUT2D eigenvalue weighted by atomic mass is 10.1. The van der Waals surface area contributed by atoms with Gasteiger partial charge in [0.25, 0.3) is 0 Å². The molecule has 1 N–H and O–H groups in total. The Morgan fingerprint density at radius 3 is 2.50 bits per heavy atom. The first kappa shape index (κ1) is 23.9. The van der Waals surface area contributed by atoms with E-state index >= 15 is 0 Å². The summed E-state index contributed by atoms with van der Waals surface area (Å²) in [6.07, 6.45) is 0.870. The molecular formula is C25H33FN4O2. The van der Waals surface area contributed by atoms with E-state index in [1.807, 2.05) is 37.3 Å². The van der Waals surface area contributed by atoms with E-state index in [2.05, 4.69) is 22.0 Å². The lowest BCUT2D eigenvalue weighted by molar-refractivity contribution is -0.136. The van der Waals surface area contributed by atoms with Crippen LogP contribution < -0.4 is 5.32 Å². The number of nitrogens with zero attached hydrogens (tertiary/aromatic N) is 3. The number of hydrogen-bond donors (Lipinski definition) is 1. The Hall–Kier alpha value is -2.77. The zero-order chi connectivity index (χ0) is 23.1. The molecule has 7 heteroatoms. The number of amides is 2. The van der Waals surface area contributed by atoms with E-state index in [0.717, 1.165) is 49.4 Å². The Morgan fingerprint density at radius 1 is 1.09 bits per heavy atom. The summed E-state index contributed by atoms with van der Waals surface area (Å²) in [4.78, 5) is 31.3. The summed E-state index contributed by atoms with van der Waals surface area (Å²) in [5, 5.41) is 3.02. The number of carbonyl (C=O) groups is 2. The van der Waals surface area contributed by atoms with Crippen LogP contribution in [0.1, 0.15) is 25.0 Å². The van der Waals surface area contributed by atoms with Gasteiger partial charge in [0, 0.05) is 45.5 Å². The Morgan fingerprint density at radius 2 is 1.81 bits per heavy atom. The molecule has 6 nitrogen and oxygen atoms in total. The van der Waals surface area contributed by atoms with E-state index < -0.39 is 0 Å². The van der Waals surface area contributed by atoms with Gasteiger partial charge >= 0.3 is 0 Å². The van der Waals surface area contributed by atoms with Gasteiger partial charge in [0.1, 0.15) is 5.82 Å². The lowest BCUT2D eigenvalue weighted by Gasteiger charge is -2.38. The third-order valence-electron chi connectivity index (χ3n) is 6.04. The van der Waals surface area contributed by atoms with E-state index in [0.29, 0.717) is 13.1 Å². The monoisotopic (exact) mass is 440 g/mol. The number of likely N-dealkylation sites (N-methyl/N-ethyl adjacent to an activating group) is 1. The average Bonchev–Trinajstić information content (AvgIpc) is 2.79. The van der Waals surface area contributed by atoms with Gasteiger partial charge in [-0.1, -0.05) is 37.3 Å². The van der Waals surface area contributed by atoms with Crippen molar-refractivity contribution in [3.63, 3.8) is 0 Å². The van der Waals surface area contributed by atoms with E-state index in [4.69, 9.17) is 0 Å². The molecule has 0 saturated carbocycles. The van der Waals surface area contributed by atoms with Crippen molar-refractivity contribution in [2.75, 3.05) is 45.1 Å². The van der Waals surface area contributed by atoms with Crippen molar-refractivity contribution in [3.05, 3.63) is 65.5 Å². The number of nitrogens with one attached hydrogen (secondary N) is 1. The van der Waals surface area contributed by atoms with Crippen molar-refractivity contribution >= 4 is 17.5 Å². The maximum atomic E-state index is 13.4. The van der Waals surface area contributed by atoms with Crippen LogP contribution in [0, 0.1) is 5.82 Å². The second kappa shape index (κ2) is 11.2. The number of carbonyl (C=O) groups excluding carboxylic acids is 2. The summed E-state index contributed by atoms with van der Waals surface area (Å²) in [6.45, 7) is 7.60. The van der Waals surface area contributed by atoms with Crippen LogP contribution in [0.3, 0.4) is 0 Å². The molecular weight excluding hydrogens is 407 g/mol. The van der Waals surface area contributed by atoms with Gasteiger partial charge in [-0.05, 0) is 42.7 Å². The van der Waals surface area contributed by atoms with E-state index in [-0.39, 0.29) is 23.7 Å². The molecule has 0 aliphatic carbocycles. The van der Waals surface area contributed by atoms with Gasteiger partial charge in [0.15, 0.2) is 0 Å². The number of rotatable bonds is 8. The molecule has 2 aromatic rings. The van der Waals surface area contributed by atoms with Crippen molar-refractivity contribution < 1.29 is 14.0 Å². The largest absolute Gasteiger partial charge is 0.340 e. The predicted molar refractivity (Wildman–Crippen MR) is 125 cm³/mol. The fraction of sp³-hybridized carbons (Fsp3) is 0.440. The van der Waals surface area contributed by atoms with Crippen molar-refractivity contribution in [2.24, 2.45) is 0 Å². The molecule has 0 bridgehead atoms. The Balaban J connectivity index is 1.46. The van der Waals surface area contributed by atoms with Crippen LogP contribution in [0.4, 0.5) is 10.1 Å². The van der Waals surface area contributed by atoms with Crippen LogP contribution in [0.2, 0.25) is 0 Å². The summed E-state index contributed by atoms with van der Waals surface area (Å²) in [7, 11) is 1.75. The molecule has 3 rings (SSSR count). The first-order chi connectivity index (χ1) is 15.4. The van der Waals surface area contributed by atoms with Gasteiger partial charge in [-0.3, -0.25) is 19.4 Å². The van der Waals surface area contributed by atoms with Crippen LogP contribution in [0.5, 0.6) is 0 Å². The van der Waals surface area contributed by atoms with Crippen LogP contribution in [0.25, 0.3) is 0 Å². The topological polar surface area (TPSA) is 55.9 Å². The smallest absolute Gasteiger partial charge is 0.239 e. The minimum Gasteiger partial charge on any atom is -0.340 e. The van der Waals surface area contributed by atoms with E-state index in [9.17, 15) is 14.0 Å². The third-order valence-corrected chi connectivity index (χ3v) is 6.04. The number of para-hydroxylation sites is 1. The molecule has 0 radical (unpaired) electrons. The highest BCUT2D eigenvalue weighted by molar-refractivity contribution is 5.93. The van der Waals surface area contributed by atoms with Gasteiger partial charge in [-0.15, -0.1) is 0 Å². The number of piperazine rings is 1. The summed E-state index contributed by atoms with van der Waals surface area (Å²) in [5.74, 6) is -0.301. The minimum atomic E-state index is -0.297. The van der Waals surface area contributed by atoms with Crippen LogP contribution in [-0.4, -0.2) is 72.3 Å². The summed E-state index contributed by atoms with van der Waals surface area (Å²) in [5.41, 5.74) is 2.77. The van der Waals surface area contributed by atoms with Gasteiger partial charge < -0.3 is 10.2 Å². The second-order valence-electron chi connectivity index (χ2n) is 8.37. The predicted octanol–water partition coefficient (Wildman–Crippen LogP) is 2.99. The average molecular weight is 441 g/mol. The maximum absolute atomic E-state index is 13.4. The third kappa shape index (κ3) is 6.37. The standard InChI is InChI=1S/C25H33FN4O2/c1-4-21-9-5-6-11-23(21)27-24(31)18-29-12-14-30(15-13-29)19(2)25(32)28(3)17-20-8-7-10-22(26)16-20/h5-11,16,19H,4,12-15,17-18H2,1-3H3,(H,27,31). The molecule has 1 aliphatic heterocycles. The molecule has 2 amide bonds. The number of benzene rings is 2. The second-order valence-corrected chi connectivity index (χ2v) is 8.37. The highest BCUT2D eigenvalue weighted by atomic mass is 19.1. The molecule has 1 saturated heterocycles. The molecule has 2 aromatic carbocycles. The van der Waals surface area contributed by atoms with Crippen molar-refractivity contribution in [3.8, 4) is 0 Å². The number of anilines is 1. The summed E-state index contributed by atoms with van der Waals surface area (Å²) < 4.78 is 13.4. The summed E-state index contributed by atoms with van der Waals surface area (Å²) in [6, 6.07) is 13.9. The zero-order valence-electron chi connectivity index (χ0n) is 19.2. The number of aryl methyl sites for hydroxylation is 1. The Labute approximate surface area is 190 Å². The van der Waals surface area contributed by atoms with E-state index in [1.165, 1.54) is 12.1 Å². The van der Waals surface area contributed by atoms with Crippen LogP contribution >= 0.6 is 0 Å². The molecule has 1 fully saturated rings. The number of halogens is 1. The zero-order valence-corrected chi connectivity index (χ0v) is 19.2. The van der Waals surface area contributed by atoms with Crippen LogP contribution in [-0.2, 0) is 22.6 Å². The Kier molecular flexibility index (Phi) is 8.36. The fourth-order valence-electron chi connectivity index (χ4n) is 4.11. The first-order valence-electron chi connectivity index (χ1n) is 11.2. The van der Waals surface area contributed by atoms with Gasteiger partial charge in [0.2, 0.25) is 11.8 Å². The van der Waals surface area contributed by atoms with Crippen LogP contribution in [0.15, 0.2) is 48.5 Å². The SMILES string of the molecule is CCc1ccccc1NC(=O)CN1CCN(C(C)C(=O)N(C)Cc2cccc(F)c2)CC1. The number of hydrogen-bond acceptors (Lipinski definition) is 4. The molecule has 1 heterocycles. The minimum absolute atomic E-state index is 0.0108. The molecule has 32 heavy (non-hydrogen) atoms. The van der Waals surface area contributed by atoms with Gasteiger partial charge in [0.05, 0.1) is 12.6 Å². The lowest BCUT2D eigenvalue weighted by Crippen LogP contribution is -2.54. The highest BCUT2D eigenvalue weighted by Gasteiger charge is 2.28.